The number of hydrogen-bond donors (Lipinski definition) is 1. The summed E-state index contributed by atoms with van der Waals surface area (Å²) in [6.45, 7) is -1.23. The van der Waals surface area contributed by atoms with E-state index in [-0.39, 0.29) is 30.0 Å². The molecule has 0 spiro atoms. The molecule has 0 saturated heterocycles. The van der Waals surface area contributed by atoms with Gasteiger partial charge < -0.3 is 16.9 Å². The van der Waals surface area contributed by atoms with Gasteiger partial charge in [0.05, 0.1) is 20.6 Å². The summed E-state index contributed by atoms with van der Waals surface area (Å²) in [5, 5.41) is -7.56. The minimum absolute atomic E-state index is 0. The number of benzene rings is 1. The summed E-state index contributed by atoms with van der Waals surface area (Å²) in [7, 11) is -4.27. The Kier molecular flexibility index (Phi) is 11.7. The van der Waals surface area contributed by atoms with Crippen molar-refractivity contribution in [1.82, 2.24) is 4.72 Å². The summed E-state index contributed by atoms with van der Waals surface area (Å²) < 4.78 is 251. The van der Waals surface area contributed by atoms with E-state index in [1.54, 1.807) is 30.3 Å². The van der Waals surface area contributed by atoms with Crippen LogP contribution in [0.4, 0.5) is 74.6 Å². The maximum atomic E-state index is 14.1. The summed E-state index contributed by atoms with van der Waals surface area (Å²) >= 11 is 0. The van der Waals surface area contributed by atoms with Crippen molar-refractivity contribution in [3.63, 3.8) is 0 Å². The predicted molar refractivity (Wildman–Crippen MR) is 109 cm³/mol. The van der Waals surface area contributed by atoms with Crippen molar-refractivity contribution in [2.45, 2.75) is 59.9 Å². The van der Waals surface area contributed by atoms with Gasteiger partial charge in [-0.1, -0.05) is 30.3 Å². The van der Waals surface area contributed by atoms with Crippen LogP contribution in [0, 0.1) is 0 Å². The van der Waals surface area contributed by atoms with Crippen LogP contribution in [-0.4, -0.2) is 87.1 Å². The van der Waals surface area contributed by atoms with Crippen molar-refractivity contribution in [2.24, 2.45) is 0 Å². The Balaban J connectivity index is 0.0000176. The van der Waals surface area contributed by atoms with Gasteiger partial charge in [-0.2, -0.15) is 74.6 Å². The second-order valence-electron chi connectivity index (χ2n) is 9.52. The topological polar surface area (TPSA) is 46.2 Å². The third-order valence-electron chi connectivity index (χ3n) is 5.72. The van der Waals surface area contributed by atoms with Gasteiger partial charge in [0.15, 0.2) is 0 Å². The lowest BCUT2D eigenvalue weighted by Crippen LogP contribution is -3.00. The average Bonchev–Trinajstić information content (AvgIpc) is 2.80. The van der Waals surface area contributed by atoms with Gasteiger partial charge in [-0.15, -0.1) is 0 Å². The molecule has 0 heterocycles. The summed E-state index contributed by atoms with van der Waals surface area (Å²) in [5.41, 5.74) is 0.702. The summed E-state index contributed by atoms with van der Waals surface area (Å²) in [5.74, 6) is -51.6. The van der Waals surface area contributed by atoms with Gasteiger partial charge in [-0.3, -0.25) is 0 Å². The number of nitrogens with zero attached hydrogens (tertiary/aromatic N) is 1. The van der Waals surface area contributed by atoms with Crippen molar-refractivity contribution >= 4 is 10.0 Å². The highest BCUT2D eigenvalue weighted by Gasteiger charge is 2.96. The normalized spacial score (nSPS) is 15.3. The fourth-order valence-corrected chi connectivity index (χ4v) is 4.34. The molecule has 0 amide bonds. The van der Waals surface area contributed by atoms with Crippen LogP contribution in [0.2, 0.25) is 0 Å². The van der Waals surface area contributed by atoms with Gasteiger partial charge in [0, 0.05) is 18.5 Å². The van der Waals surface area contributed by atoms with Crippen molar-refractivity contribution < 1.29 is 99.9 Å². The van der Waals surface area contributed by atoms with E-state index in [1.165, 1.54) is 14.1 Å². The lowest BCUT2D eigenvalue weighted by atomic mass is 9.91. The Labute approximate surface area is 238 Å². The Morgan fingerprint density at radius 2 is 1.00 bits per heavy atom. The Morgan fingerprint density at radius 3 is 1.40 bits per heavy atom. The molecule has 0 unspecified atom stereocenters. The minimum Gasteiger partial charge on any atom is -1.00 e. The molecule has 0 aliphatic carbocycles. The number of hydrogen-bond acceptors (Lipinski definition) is 2. The molecule has 4 nitrogen and oxygen atoms in total. The first-order valence-electron chi connectivity index (χ1n) is 10.8. The molecule has 0 bridgehead atoms. The van der Waals surface area contributed by atoms with E-state index in [0.717, 1.165) is 0 Å². The van der Waals surface area contributed by atoms with Crippen LogP contribution in [0.25, 0.3) is 0 Å². The minimum atomic E-state index is -8.85. The van der Waals surface area contributed by atoms with Crippen LogP contribution in [0.1, 0.15) is 12.0 Å². The predicted octanol–water partition coefficient (Wildman–Crippen LogP) is 3.54. The molecule has 0 fully saturated rings. The maximum Gasteiger partial charge on any atom is 0.460 e. The second kappa shape index (κ2) is 12.2. The van der Waals surface area contributed by atoms with Crippen LogP contribution in [-0.2, 0) is 16.6 Å². The van der Waals surface area contributed by atoms with Crippen molar-refractivity contribution in [2.75, 3.05) is 27.2 Å². The highest BCUT2D eigenvalue weighted by Crippen LogP contribution is 2.64. The number of sulfonamides is 1. The quantitative estimate of drug-likeness (QED) is 0.183. The molecular weight excluding hydrogens is 691 g/mol. The van der Waals surface area contributed by atoms with E-state index in [4.69, 9.17) is 0 Å². The average molecular weight is 711 g/mol. The first-order valence-corrected chi connectivity index (χ1v) is 12.3. The van der Waals surface area contributed by atoms with Crippen LogP contribution in [0.5, 0.6) is 0 Å². The molecule has 0 aromatic heterocycles. The lowest BCUT2D eigenvalue weighted by Gasteiger charge is -2.42. The maximum absolute atomic E-state index is 14.1. The largest absolute Gasteiger partial charge is 1.00 e. The molecule has 1 rings (SSSR count). The summed E-state index contributed by atoms with van der Waals surface area (Å²) in [4.78, 5) is 0. The van der Waals surface area contributed by atoms with E-state index in [1.807, 2.05) is 0 Å². The van der Waals surface area contributed by atoms with Gasteiger partial charge in [0.1, 0.15) is 6.54 Å². The first kappa shape index (κ1) is 41.2. The second-order valence-corrected chi connectivity index (χ2v) is 11.3. The van der Waals surface area contributed by atoms with Crippen LogP contribution in [0.15, 0.2) is 30.3 Å². The van der Waals surface area contributed by atoms with Crippen molar-refractivity contribution in [3.8, 4) is 0 Å². The van der Waals surface area contributed by atoms with Crippen LogP contribution < -0.4 is 17.1 Å². The third kappa shape index (κ3) is 6.90. The smallest absolute Gasteiger partial charge is 0.460 e. The van der Waals surface area contributed by atoms with E-state index in [2.05, 4.69) is 0 Å². The highest BCUT2D eigenvalue weighted by molar-refractivity contribution is 7.90. The van der Waals surface area contributed by atoms with Crippen LogP contribution >= 0.6 is 0 Å². The van der Waals surface area contributed by atoms with E-state index >= 15 is 0 Å². The first-order chi connectivity index (χ1) is 18.3. The zero-order valence-corrected chi connectivity index (χ0v) is 22.8. The molecule has 0 saturated carbocycles. The van der Waals surface area contributed by atoms with E-state index in [0.29, 0.717) is 10.3 Å². The SMILES string of the molecule is C[N+](C)(CCCNS(=O)(=O)C(F)(F)C(F)(F)C(F)(F)C(F)(F)C(F)(F)C(F)(F)C(F)(F)C(F)(F)F)Cc1ccccc1.[Cl-]. The fourth-order valence-electron chi connectivity index (χ4n) is 3.28. The Morgan fingerprint density at radius 1 is 0.628 bits per heavy atom. The zero-order chi connectivity index (χ0) is 33.6. The van der Waals surface area contributed by atoms with Gasteiger partial charge in [-0.25, -0.2) is 13.1 Å². The molecule has 43 heavy (non-hydrogen) atoms. The Hall–Kier alpha value is -1.81. The molecule has 254 valence electrons. The molecule has 1 aromatic carbocycles. The number of rotatable bonds is 14. The summed E-state index contributed by atoms with van der Waals surface area (Å²) in [6, 6.07) is 8.20. The number of halogens is 18. The monoisotopic (exact) mass is 710 g/mol. The van der Waals surface area contributed by atoms with Crippen molar-refractivity contribution in [1.29, 1.82) is 0 Å². The Bertz CT molecular complexity index is 1190. The fraction of sp³-hybridized carbons (Fsp3) is 0.700. The van der Waals surface area contributed by atoms with Gasteiger partial charge >= 0.3 is 47.0 Å². The third-order valence-corrected chi connectivity index (χ3v) is 7.23. The molecule has 0 aliphatic heterocycles. The molecule has 1 aromatic rings. The van der Waals surface area contributed by atoms with E-state index < -0.39 is 70.0 Å². The molecule has 1 N–H and O–H groups in total. The van der Waals surface area contributed by atoms with E-state index in [9.17, 15) is 83.1 Å². The molecular formula is C20H20ClF17N2O2S. The molecule has 0 radical (unpaired) electrons. The van der Waals surface area contributed by atoms with Gasteiger partial charge in [-0.05, 0) is 0 Å². The molecule has 0 atom stereocenters. The van der Waals surface area contributed by atoms with Gasteiger partial charge in [0.2, 0.25) is 0 Å². The number of quaternary nitrogens is 1. The van der Waals surface area contributed by atoms with Crippen molar-refractivity contribution in [3.05, 3.63) is 35.9 Å². The number of alkyl halides is 17. The zero-order valence-electron chi connectivity index (χ0n) is 21.2. The molecule has 23 heteroatoms. The number of nitrogens with one attached hydrogen (secondary N) is 1. The highest BCUT2D eigenvalue weighted by atomic mass is 35.5. The standard InChI is InChI=1S/C20H20F17N2O2S.ClH/c1-39(2,11-12-7-4-3-5-8-12)10-6-9-38-42(40,41)20(36,37)18(31,32)16(27,28)14(23,24)13(21,22)15(25,26)17(29,30)19(33,34)35;/h3-5,7-8,38H,6,9-11H2,1-2H3;1H/q+1;/p-1. The lowest BCUT2D eigenvalue weighted by molar-refractivity contribution is -0.903. The van der Waals surface area contributed by atoms with Gasteiger partial charge in [0.25, 0.3) is 10.0 Å². The molecule has 0 aliphatic rings. The van der Waals surface area contributed by atoms with Crippen LogP contribution in [0.3, 0.4) is 0 Å². The summed E-state index contributed by atoms with van der Waals surface area (Å²) in [6.07, 6.45) is -8.41.